The van der Waals surface area contributed by atoms with Crippen LogP contribution in [-0.4, -0.2) is 40.8 Å². The van der Waals surface area contributed by atoms with Crippen LogP contribution in [0.2, 0.25) is 0 Å². The van der Waals surface area contributed by atoms with Crippen LogP contribution in [0.4, 0.5) is 16.2 Å². The Labute approximate surface area is 212 Å². The van der Waals surface area contributed by atoms with Gasteiger partial charge in [0.2, 0.25) is 11.8 Å². The number of benzene rings is 1. The molecule has 1 aliphatic carbocycles. The van der Waals surface area contributed by atoms with Gasteiger partial charge in [0.1, 0.15) is 12.1 Å². The molecule has 192 valence electrons. The van der Waals surface area contributed by atoms with Crippen LogP contribution in [0.3, 0.4) is 0 Å². The van der Waals surface area contributed by atoms with Crippen LogP contribution < -0.4 is 10.6 Å². The van der Waals surface area contributed by atoms with E-state index in [0.29, 0.717) is 18.1 Å². The first kappa shape index (κ1) is 24.5. The number of carbonyl (C=O) groups is 1. The maximum atomic E-state index is 15.4. The van der Waals surface area contributed by atoms with Gasteiger partial charge in [-0.25, -0.2) is 14.4 Å². The Bertz CT molecular complexity index is 1440. The molecule has 5 rings (SSSR count). The first-order chi connectivity index (χ1) is 17.7. The molecular weight excluding hydrogens is 477 g/mol. The Morgan fingerprint density at radius 2 is 2.03 bits per heavy atom. The molecular formula is C25H28FN9O2. The fraction of sp³-hybridized carbons (Fsp3) is 0.400. The zero-order chi connectivity index (χ0) is 26.2. The molecule has 0 fully saturated rings. The van der Waals surface area contributed by atoms with Gasteiger partial charge in [-0.3, -0.25) is 9.48 Å². The number of fused-ring (bicyclic) bond motifs is 1. The van der Waals surface area contributed by atoms with Crippen LogP contribution in [0.15, 0.2) is 35.2 Å². The largest absolute Gasteiger partial charge is 0.342 e. The Balaban J connectivity index is 1.40. The monoisotopic (exact) mass is 505 g/mol. The van der Waals surface area contributed by atoms with E-state index in [-0.39, 0.29) is 34.6 Å². The molecule has 0 aliphatic heterocycles. The summed E-state index contributed by atoms with van der Waals surface area (Å²) in [6.07, 6.45) is 6.32. The molecule has 0 saturated heterocycles. The predicted molar refractivity (Wildman–Crippen MR) is 132 cm³/mol. The zero-order valence-electron chi connectivity index (χ0n) is 21.1. The summed E-state index contributed by atoms with van der Waals surface area (Å²) in [5.41, 5.74) is 1.56. The average molecular weight is 506 g/mol. The fourth-order valence-corrected chi connectivity index (χ4v) is 4.24. The van der Waals surface area contributed by atoms with Crippen molar-refractivity contribution in [1.29, 1.82) is 0 Å². The minimum atomic E-state index is -0.482. The lowest BCUT2D eigenvalue weighted by molar-refractivity contribution is 0.0920. The standard InChI is InChI=1S/C25H28FN9O2/c1-25(2,3)23-31-21(34-37-23)22(36)29-18-8-6-5-7-14-11-16(17(26)12-15(14)18)20-27-13-28-24(32-20)30-19-9-10-35(4)33-19/h9-13,18H,5-8H2,1-4H3,(H,29,36)(H,27,28,30,32,33)/t18-/m1/s1. The summed E-state index contributed by atoms with van der Waals surface area (Å²) in [4.78, 5) is 29.9. The SMILES string of the molecule is Cn1ccc(Nc2ncnc(-c3cc4c(cc3F)[C@H](NC(=O)c3noc(C(C)(C)C)n3)CCCC4)n2)n1. The van der Waals surface area contributed by atoms with Crippen molar-refractivity contribution in [3.63, 3.8) is 0 Å². The van der Waals surface area contributed by atoms with E-state index in [2.05, 4.69) is 40.8 Å². The number of anilines is 2. The summed E-state index contributed by atoms with van der Waals surface area (Å²) in [5, 5.41) is 14.0. The second-order valence-corrected chi connectivity index (χ2v) is 10.1. The molecule has 2 N–H and O–H groups in total. The molecule has 0 spiro atoms. The van der Waals surface area contributed by atoms with Gasteiger partial charge in [-0.05, 0) is 42.5 Å². The van der Waals surface area contributed by atoms with Crippen LogP contribution in [0, 0.1) is 5.82 Å². The van der Waals surface area contributed by atoms with Crippen LogP contribution in [0.5, 0.6) is 0 Å². The molecule has 0 saturated carbocycles. The number of hydrogen-bond acceptors (Lipinski definition) is 9. The lowest BCUT2D eigenvalue weighted by Gasteiger charge is -2.19. The highest BCUT2D eigenvalue weighted by molar-refractivity contribution is 5.90. The van der Waals surface area contributed by atoms with E-state index in [0.717, 1.165) is 30.4 Å². The molecule has 1 amide bonds. The van der Waals surface area contributed by atoms with Crippen molar-refractivity contribution in [1.82, 2.24) is 40.2 Å². The lowest BCUT2D eigenvalue weighted by atomic mass is 9.96. The number of aromatic nitrogens is 7. The van der Waals surface area contributed by atoms with Crippen LogP contribution in [0.25, 0.3) is 11.4 Å². The topological polar surface area (TPSA) is 137 Å². The Morgan fingerprint density at radius 1 is 1.19 bits per heavy atom. The normalized spacial score (nSPS) is 15.6. The maximum Gasteiger partial charge on any atom is 0.293 e. The van der Waals surface area contributed by atoms with Gasteiger partial charge in [-0.2, -0.15) is 15.1 Å². The lowest BCUT2D eigenvalue weighted by Crippen LogP contribution is -2.30. The second-order valence-electron chi connectivity index (χ2n) is 10.1. The third-order valence-corrected chi connectivity index (χ3v) is 6.14. The summed E-state index contributed by atoms with van der Waals surface area (Å²) in [5.74, 6) is 0.443. The molecule has 3 aromatic heterocycles. The Morgan fingerprint density at radius 3 is 2.76 bits per heavy atom. The number of carbonyl (C=O) groups excluding carboxylic acids is 1. The minimum Gasteiger partial charge on any atom is -0.342 e. The molecule has 3 heterocycles. The van der Waals surface area contributed by atoms with E-state index < -0.39 is 11.7 Å². The number of nitrogens with zero attached hydrogens (tertiary/aromatic N) is 7. The number of rotatable bonds is 5. The van der Waals surface area contributed by atoms with E-state index in [1.807, 2.05) is 20.8 Å². The van der Waals surface area contributed by atoms with E-state index in [1.54, 1.807) is 30.1 Å². The zero-order valence-corrected chi connectivity index (χ0v) is 21.1. The van der Waals surface area contributed by atoms with E-state index in [9.17, 15) is 4.79 Å². The van der Waals surface area contributed by atoms with Crippen molar-refractivity contribution in [2.75, 3.05) is 5.32 Å². The summed E-state index contributed by atoms with van der Waals surface area (Å²) >= 11 is 0. The number of hydrogen-bond donors (Lipinski definition) is 2. The summed E-state index contributed by atoms with van der Waals surface area (Å²) in [6, 6.07) is 4.62. The van der Waals surface area contributed by atoms with E-state index in [1.165, 1.54) is 12.4 Å². The molecule has 1 aromatic carbocycles. The molecule has 1 aliphatic rings. The smallest absolute Gasteiger partial charge is 0.293 e. The first-order valence-electron chi connectivity index (χ1n) is 12.1. The molecule has 12 heteroatoms. The number of amides is 1. The van der Waals surface area contributed by atoms with Crippen molar-refractivity contribution in [3.8, 4) is 11.4 Å². The Kier molecular flexibility index (Phi) is 6.40. The van der Waals surface area contributed by atoms with Crippen molar-refractivity contribution in [3.05, 3.63) is 59.4 Å². The Hall–Kier alpha value is -4.22. The molecule has 4 aromatic rings. The number of halogens is 1. The summed E-state index contributed by atoms with van der Waals surface area (Å²) < 4.78 is 22.3. The van der Waals surface area contributed by atoms with Crippen molar-refractivity contribution in [2.24, 2.45) is 7.05 Å². The quantitative estimate of drug-likeness (QED) is 0.385. The van der Waals surface area contributed by atoms with Gasteiger partial charge in [0, 0.05) is 24.7 Å². The van der Waals surface area contributed by atoms with Gasteiger partial charge < -0.3 is 15.2 Å². The first-order valence-corrected chi connectivity index (χ1v) is 12.1. The number of aryl methyl sites for hydroxylation is 2. The fourth-order valence-electron chi connectivity index (χ4n) is 4.24. The van der Waals surface area contributed by atoms with Crippen molar-refractivity contribution < 1.29 is 13.7 Å². The van der Waals surface area contributed by atoms with Gasteiger partial charge in [0.25, 0.3) is 11.7 Å². The van der Waals surface area contributed by atoms with Crippen LogP contribution in [-0.2, 0) is 18.9 Å². The average Bonchev–Trinajstić information content (AvgIpc) is 3.47. The van der Waals surface area contributed by atoms with Gasteiger partial charge >= 0.3 is 0 Å². The summed E-state index contributed by atoms with van der Waals surface area (Å²) in [6.45, 7) is 5.77. The molecule has 0 bridgehead atoms. The van der Waals surface area contributed by atoms with Gasteiger partial charge in [-0.15, -0.1) is 0 Å². The van der Waals surface area contributed by atoms with E-state index >= 15 is 4.39 Å². The van der Waals surface area contributed by atoms with E-state index in [4.69, 9.17) is 4.52 Å². The highest BCUT2D eigenvalue weighted by atomic mass is 19.1. The third kappa shape index (κ3) is 5.32. The van der Waals surface area contributed by atoms with Gasteiger partial charge in [0.05, 0.1) is 11.6 Å². The molecule has 37 heavy (non-hydrogen) atoms. The van der Waals surface area contributed by atoms with Gasteiger partial charge in [-0.1, -0.05) is 32.3 Å². The number of nitrogens with one attached hydrogen (secondary N) is 2. The van der Waals surface area contributed by atoms with Crippen molar-refractivity contribution >= 4 is 17.7 Å². The van der Waals surface area contributed by atoms with Crippen LogP contribution >= 0.6 is 0 Å². The third-order valence-electron chi connectivity index (χ3n) is 6.14. The highest BCUT2D eigenvalue weighted by Crippen LogP contribution is 2.33. The highest BCUT2D eigenvalue weighted by Gasteiger charge is 2.28. The second kappa shape index (κ2) is 9.68. The minimum absolute atomic E-state index is 0.0362. The van der Waals surface area contributed by atoms with Crippen LogP contribution in [0.1, 0.15) is 73.7 Å². The molecule has 0 unspecified atom stereocenters. The maximum absolute atomic E-state index is 15.4. The summed E-state index contributed by atoms with van der Waals surface area (Å²) in [7, 11) is 1.80. The molecule has 1 atom stereocenters. The molecule has 11 nitrogen and oxygen atoms in total. The van der Waals surface area contributed by atoms with Crippen molar-refractivity contribution in [2.45, 2.75) is 57.9 Å². The van der Waals surface area contributed by atoms with Gasteiger partial charge in [0.15, 0.2) is 11.6 Å². The molecule has 0 radical (unpaired) electrons. The predicted octanol–water partition coefficient (Wildman–Crippen LogP) is 4.03.